The van der Waals surface area contributed by atoms with Crippen molar-refractivity contribution in [3.8, 4) is 5.75 Å². The molecule has 1 amide bonds. The number of carbonyl (C=O) groups excluding carboxylic acids is 1. The molecule has 0 fully saturated rings. The molecule has 0 saturated heterocycles. The zero-order valence-corrected chi connectivity index (χ0v) is 13.6. The van der Waals surface area contributed by atoms with Crippen molar-refractivity contribution >= 4 is 34.2 Å². The summed E-state index contributed by atoms with van der Waals surface area (Å²) in [4.78, 5) is 12.3. The van der Waals surface area contributed by atoms with Crippen LogP contribution in [0.15, 0.2) is 47.1 Å². The quantitative estimate of drug-likeness (QED) is 0.762. The van der Waals surface area contributed by atoms with E-state index in [1.807, 2.05) is 25.1 Å². The van der Waals surface area contributed by atoms with Gasteiger partial charge < -0.3 is 14.5 Å². The highest BCUT2D eigenvalue weighted by atomic mass is 35.5. The summed E-state index contributed by atoms with van der Waals surface area (Å²) in [6.07, 6.45) is 1.83. The molecule has 0 unspecified atom stereocenters. The Morgan fingerprint density at radius 2 is 2.09 bits per heavy atom. The first-order valence-corrected chi connectivity index (χ1v) is 7.55. The van der Waals surface area contributed by atoms with E-state index in [2.05, 4.69) is 5.32 Å². The highest BCUT2D eigenvalue weighted by Crippen LogP contribution is 2.26. The van der Waals surface area contributed by atoms with Crippen LogP contribution in [0.25, 0.3) is 11.0 Å². The fourth-order valence-electron chi connectivity index (χ4n) is 2.42. The first kappa shape index (κ1) is 15.4. The van der Waals surface area contributed by atoms with Crippen LogP contribution < -0.4 is 10.1 Å². The Morgan fingerprint density at radius 3 is 2.87 bits per heavy atom. The number of furan rings is 1. The van der Waals surface area contributed by atoms with Crippen LogP contribution in [0, 0.1) is 6.92 Å². The SMILES string of the molecule is COc1ccc2c(CC(=O)Nc3cc(Cl)ccc3C)coc2c1. The third-order valence-corrected chi connectivity index (χ3v) is 3.92. The number of methoxy groups -OCH3 is 1. The largest absolute Gasteiger partial charge is 0.497 e. The molecule has 0 aliphatic carbocycles. The summed E-state index contributed by atoms with van der Waals surface area (Å²) in [5.74, 6) is 0.603. The van der Waals surface area contributed by atoms with Gasteiger partial charge >= 0.3 is 0 Å². The summed E-state index contributed by atoms with van der Waals surface area (Å²) in [6.45, 7) is 1.92. The van der Waals surface area contributed by atoms with Gasteiger partial charge in [-0.3, -0.25) is 4.79 Å². The van der Waals surface area contributed by atoms with E-state index in [-0.39, 0.29) is 12.3 Å². The van der Waals surface area contributed by atoms with Gasteiger partial charge in [0, 0.05) is 27.7 Å². The molecule has 0 radical (unpaired) electrons. The standard InChI is InChI=1S/C18H16ClNO3/c1-11-3-4-13(19)8-16(11)20-18(21)7-12-10-23-17-9-14(22-2)5-6-15(12)17/h3-6,8-10H,7H2,1-2H3,(H,20,21). The van der Waals surface area contributed by atoms with Gasteiger partial charge in [0.1, 0.15) is 11.3 Å². The average molecular weight is 330 g/mol. The van der Waals surface area contributed by atoms with Gasteiger partial charge in [0.2, 0.25) is 5.91 Å². The van der Waals surface area contributed by atoms with E-state index in [4.69, 9.17) is 20.8 Å². The normalized spacial score (nSPS) is 10.7. The smallest absolute Gasteiger partial charge is 0.228 e. The Kier molecular flexibility index (Phi) is 4.26. The van der Waals surface area contributed by atoms with Crippen molar-refractivity contribution in [3.63, 3.8) is 0 Å². The first-order chi connectivity index (χ1) is 11.1. The van der Waals surface area contributed by atoms with Gasteiger partial charge in [0.05, 0.1) is 19.8 Å². The Hall–Kier alpha value is -2.46. The number of benzene rings is 2. The van der Waals surface area contributed by atoms with E-state index in [1.165, 1.54) is 0 Å². The molecule has 0 bridgehead atoms. The summed E-state index contributed by atoms with van der Waals surface area (Å²) >= 11 is 5.97. The molecule has 23 heavy (non-hydrogen) atoms. The number of aryl methyl sites for hydroxylation is 1. The number of nitrogens with one attached hydrogen (secondary N) is 1. The zero-order chi connectivity index (χ0) is 16.4. The third-order valence-electron chi connectivity index (χ3n) is 3.69. The zero-order valence-electron chi connectivity index (χ0n) is 12.9. The number of halogens is 1. The number of rotatable bonds is 4. The van der Waals surface area contributed by atoms with Gasteiger partial charge in [-0.1, -0.05) is 17.7 Å². The molecule has 0 spiro atoms. The second kappa shape index (κ2) is 6.34. The maximum absolute atomic E-state index is 12.3. The number of hydrogen-bond acceptors (Lipinski definition) is 3. The van der Waals surface area contributed by atoms with Crippen LogP contribution in [0.4, 0.5) is 5.69 Å². The molecule has 0 aliphatic rings. The molecule has 0 atom stereocenters. The average Bonchev–Trinajstić information content (AvgIpc) is 2.93. The second-order valence-corrected chi connectivity index (χ2v) is 5.74. The van der Waals surface area contributed by atoms with Crippen molar-refractivity contribution in [1.29, 1.82) is 0 Å². The summed E-state index contributed by atoms with van der Waals surface area (Å²) in [5.41, 5.74) is 3.22. The Balaban J connectivity index is 1.79. The van der Waals surface area contributed by atoms with Crippen LogP contribution in [0.5, 0.6) is 5.75 Å². The van der Waals surface area contributed by atoms with Crippen molar-refractivity contribution in [2.75, 3.05) is 12.4 Å². The van der Waals surface area contributed by atoms with E-state index in [0.29, 0.717) is 10.6 Å². The maximum atomic E-state index is 12.3. The predicted molar refractivity (Wildman–Crippen MR) is 91.3 cm³/mol. The molecule has 2 aromatic carbocycles. The molecule has 3 rings (SSSR count). The molecule has 1 N–H and O–H groups in total. The van der Waals surface area contributed by atoms with Gasteiger partial charge in [-0.15, -0.1) is 0 Å². The van der Waals surface area contributed by atoms with E-state index in [9.17, 15) is 4.79 Å². The summed E-state index contributed by atoms with van der Waals surface area (Å²) in [6, 6.07) is 11.0. The number of ether oxygens (including phenoxy) is 1. The second-order valence-electron chi connectivity index (χ2n) is 5.31. The number of carbonyl (C=O) groups is 1. The molecule has 5 heteroatoms. The van der Waals surface area contributed by atoms with E-state index in [0.717, 1.165) is 28.0 Å². The van der Waals surface area contributed by atoms with Gasteiger partial charge in [-0.2, -0.15) is 0 Å². The van der Waals surface area contributed by atoms with Crippen LogP contribution in [0.2, 0.25) is 5.02 Å². The Labute approximate surface area is 139 Å². The van der Waals surface area contributed by atoms with Gasteiger partial charge in [0.15, 0.2) is 0 Å². The first-order valence-electron chi connectivity index (χ1n) is 7.17. The lowest BCUT2D eigenvalue weighted by Gasteiger charge is -2.08. The van der Waals surface area contributed by atoms with Crippen LogP contribution >= 0.6 is 11.6 Å². The number of fused-ring (bicyclic) bond motifs is 1. The molecule has 0 saturated carbocycles. The molecule has 1 heterocycles. The number of amides is 1. The molecule has 3 aromatic rings. The lowest BCUT2D eigenvalue weighted by Crippen LogP contribution is -2.14. The van der Waals surface area contributed by atoms with Crippen molar-refractivity contribution < 1.29 is 13.9 Å². The minimum atomic E-state index is -0.117. The van der Waals surface area contributed by atoms with Crippen molar-refractivity contribution in [3.05, 3.63) is 58.8 Å². The summed E-state index contributed by atoms with van der Waals surface area (Å²) in [5, 5.41) is 4.38. The maximum Gasteiger partial charge on any atom is 0.228 e. The van der Waals surface area contributed by atoms with Crippen LogP contribution in [0.3, 0.4) is 0 Å². The number of hydrogen-bond donors (Lipinski definition) is 1. The Bertz CT molecular complexity index is 870. The summed E-state index contributed by atoms with van der Waals surface area (Å²) in [7, 11) is 1.60. The highest BCUT2D eigenvalue weighted by molar-refractivity contribution is 6.31. The monoisotopic (exact) mass is 329 g/mol. The van der Waals surface area contributed by atoms with Crippen molar-refractivity contribution in [2.24, 2.45) is 0 Å². The van der Waals surface area contributed by atoms with E-state index < -0.39 is 0 Å². The molecular weight excluding hydrogens is 314 g/mol. The van der Waals surface area contributed by atoms with Crippen molar-refractivity contribution in [2.45, 2.75) is 13.3 Å². The fraction of sp³-hybridized carbons (Fsp3) is 0.167. The van der Waals surface area contributed by atoms with Crippen LogP contribution in [-0.4, -0.2) is 13.0 Å². The third kappa shape index (κ3) is 3.32. The van der Waals surface area contributed by atoms with Crippen molar-refractivity contribution in [1.82, 2.24) is 0 Å². The Morgan fingerprint density at radius 1 is 1.26 bits per heavy atom. The molecule has 118 valence electrons. The lowest BCUT2D eigenvalue weighted by molar-refractivity contribution is -0.115. The van der Waals surface area contributed by atoms with Gasteiger partial charge in [-0.25, -0.2) is 0 Å². The minimum Gasteiger partial charge on any atom is -0.497 e. The van der Waals surface area contributed by atoms with Gasteiger partial charge in [0.25, 0.3) is 0 Å². The topological polar surface area (TPSA) is 51.5 Å². The minimum absolute atomic E-state index is 0.117. The highest BCUT2D eigenvalue weighted by Gasteiger charge is 2.12. The number of anilines is 1. The van der Waals surface area contributed by atoms with Crippen LogP contribution in [-0.2, 0) is 11.2 Å². The predicted octanol–water partition coefficient (Wildman–Crippen LogP) is 4.58. The van der Waals surface area contributed by atoms with E-state index in [1.54, 1.807) is 31.6 Å². The van der Waals surface area contributed by atoms with E-state index >= 15 is 0 Å². The molecule has 4 nitrogen and oxygen atoms in total. The van der Waals surface area contributed by atoms with Crippen LogP contribution in [0.1, 0.15) is 11.1 Å². The fourth-order valence-corrected chi connectivity index (χ4v) is 2.60. The lowest BCUT2D eigenvalue weighted by atomic mass is 10.1. The molecular formula is C18H16ClNO3. The molecule has 1 aromatic heterocycles. The molecule has 0 aliphatic heterocycles. The van der Waals surface area contributed by atoms with Gasteiger partial charge in [-0.05, 0) is 36.8 Å². The summed E-state index contributed by atoms with van der Waals surface area (Å²) < 4.78 is 10.7.